The van der Waals surface area contributed by atoms with Gasteiger partial charge in [0.15, 0.2) is 0 Å². The summed E-state index contributed by atoms with van der Waals surface area (Å²) in [5, 5.41) is 12.7. The van der Waals surface area contributed by atoms with E-state index >= 15 is 0 Å². The lowest BCUT2D eigenvalue weighted by Crippen LogP contribution is -2.30. The van der Waals surface area contributed by atoms with E-state index in [0.717, 1.165) is 24.0 Å². The molecule has 2 saturated carbocycles. The lowest BCUT2D eigenvalue weighted by atomic mass is 9.84. The summed E-state index contributed by atoms with van der Waals surface area (Å²) in [6.07, 6.45) is 6.22. The van der Waals surface area contributed by atoms with Crippen LogP contribution in [0.15, 0.2) is 12.1 Å². The van der Waals surface area contributed by atoms with Gasteiger partial charge in [0.05, 0.1) is 5.56 Å². The first kappa shape index (κ1) is 14.4. The quantitative estimate of drug-likeness (QED) is 0.869. The highest BCUT2D eigenvalue weighted by Gasteiger charge is 2.41. The standard InChI is InChI=1S/C17H24N2O2/c1-3-14-8-13(17(20)21)9-16(19-14)18-10(2)15-7-11-4-5-12(15)6-11/h8-12,15H,3-7H2,1-2H3,(H,18,19)(H,20,21). The van der Waals surface area contributed by atoms with E-state index < -0.39 is 5.97 Å². The number of hydrogen-bond acceptors (Lipinski definition) is 3. The summed E-state index contributed by atoms with van der Waals surface area (Å²) >= 11 is 0. The number of pyridine rings is 1. The zero-order valence-electron chi connectivity index (χ0n) is 12.8. The van der Waals surface area contributed by atoms with Crippen LogP contribution in [-0.2, 0) is 6.42 Å². The Morgan fingerprint density at radius 3 is 2.81 bits per heavy atom. The molecule has 1 aromatic heterocycles. The van der Waals surface area contributed by atoms with Gasteiger partial charge in [-0.05, 0) is 62.5 Å². The van der Waals surface area contributed by atoms with E-state index in [1.807, 2.05) is 6.92 Å². The second-order valence-corrected chi connectivity index (χ2v) is 6.66. The lowest BCUT2D eigenvalue weighted by Gasteiger charge is -2.29. The molecule has 2 bridgehead atoms. The van der Waals surface area contributed by atoms with Crippen LogP contribution >= 0.6 is 0 Å². The summed E-state index contributed by atoms with van der Waals surface area (Å²) in [4.78, 5) is 15.7. The minimum Gasteiger partial charge on any atom is -0.478 e. The van der Waals surface area contributed by atoms with Crippen LogP contribution in [0.3, 0.4) is 0 Å². The van der Waals surface area contributed by atoms with Crippen molar-refractivity contribution in [3.8, 4) is 0 Å². The summed E-state index contributed by atoms with van der Waals surface area (Å²) < 4.78 is 0. The Kier molecular flexibility index (Phi) is 3.87. The van der Waals surface area contributed by atoms with Crippen molar-refractivity contribution in [2.45, 2.75) is 52.0 Å². The van der Waals surface area contributed by atoms with E-state index in [1.54, 1.807) is 12.1 Å². The Morgan fingerprint density at radius 1 is 1.43 bits per heavy atom. The number of aromatic nitrogens is 1. The minimum absolute atomic E-state index is 0.324. The second kappa shape index (κ2) is 5.66. The molecular formula is C17H24N2O2. The molecule has 0 aromatic carbocycles. The van der Waals surface area contributed by atoms with Crippen molar-refractivity contribution in [3.63, 3.8) is 0 Å². The molecule has 1 aromatic rings. The molecule has 4 unspecified atom stereocenters. The first-order valence-corrected chi connectivity index (χ1v) is 8.07. The van der Waals surface area contributed by atoms with Crippen molar-refractivity contribution in [3.05, 3.63) is 23.4 Å². The average Bonchev–Trinajstić information content (AvgIpc) is 3.09. The molecule has 3 rings (SSSR count). The monoisotopic (exact) mass is 288 g/mol. The van der Waals surface area contributed by atoms with Crippen molar-refractivity contribution >= 4 is 11.8 Å². The van der Waals surface area contributed by atoms with E-state index in [-0.39, 0.29) is 0 Å². The van der Waals surface area contributed by atoms with Gasteiger partial charge in [0.1, 0.15) is 5.82 Å². The summed E-state index contributed by atoms with van der Waals surface area (Å²) in [6, 6.07) is 3.68. The molecule has 0 amide bonds. The first-order chi connectivity index (χ1) is 10.1. The highest BCUT2D eigenvalue weighted by molar-refractivity contribution is 5.88. The SMILES string of the molecule is CCc1cc(C(=O)O)cc(NC(C)C2CC3CCC2C3)n1. The molecule has 2 N–H and O–H groups in total. The minimum atomic E-state index is -0.886. The number of hydrogen-bond donors (Lipinski definition) is 2. The number of nitrogens with one attached hydrogen (secondary N) is 1. The molecule has 0 radical (unpaired) electrons. The van der Waals surface area contributed by atoms with Crippen molar-refractivity contribution in [2.24, 2.45) is 17.8 Å². The average molecular weight is 288 g/mol. The van der Waals surface area contributed by atoms with Gasteiger partial charge in [0.25, 0.3) is 0 Å². The molecule has 21 heavy (non-hydrogen) atoms. The second-order valence-electron chi connectivity index (χ2n) is 6.66. The molecular weight excluding hydrogens is 264 g/mol. The van der Waals surface area contributed by atoms with Crippen LogP contribution in [-0.4, -0.2) is 22.1 Å². The molecule has 4 nitrogen and oxygen atoms in total. The number of rotatable bonds is 5. The predicted molar refractivity (Wildman–Crippen MR) is 82.6 cm³/mol. The van der Waals surface area contributed by atoms with Gasteiger partial charge < -0.3 is 10.4 Å². The summed E-state index contributed by atoms with van der Waals surface area (Å²) in [6.45, 7) is 4.21. The van der Waals surface area contributed by atoms with E-state index in [9.17, 15) is 9.90 Å². The Morgan fingerprint density at radius 2 is 2.24 bits per heavy atom. The third-order valence-electron chi connectivity index (χ3n) is 5.30. The largest absolute Gasteiger partial charge is 0.478 e. The Balaban J connectivity index is 1.74. The van der Waals surface area contributed by atoms with Crippen LogP contribution in [0, 0.1) is 17.8 Å². The molecule has 1 heterocycles. The molecule has 4 heteroatoms. The maximum atomic E-state index is 11.2. The summed E-state index contributed by atoms with van der Waals surface area (Å²) in [7, 11) is 0. The van der Waals surface area contributed by atoms with Gasteiger partial charge in [-0.1, -0.05) is 13.3 Å². The Bertz CT molecular complexity index is 544. The number of aromatic carboxylic acids is 1. The zero-order valence-corrected chi connectivity index (χ0v) is 12.8. The predicted octanol–water partition coefficient (Wildman–Crippen LogP) is 3.58. The van der Waals surface area contributed by atoms with Crippen LogP contribution in [0.25, 0.3) is 0 Å². The fourth-order valence-corrected chi connectivity index (χ4v) is 4.21. The fraction of sp³-hybridized carbons (Fsp3) is 0.647. The Hall–Kier alpha value is -1.58. The van der Waals surface area contributed by atoms with Crippen LogP contribution in [0.2, 0.25) is 0 Å². The van der Waals surface area contributed by atoms with Gasteiger partial charge in [0.2, 0.25) is 0 Å². The molecule has 4 atom stereocenters. The van der Waals surface area contributed by atoms with Crippen molar-refractivity contribution in [1.82, 2.24) is 4.98 Å². The van der Waals surface area contributed by atoms with E-state index in [2.05, 4.69) is 17.2 Å². The number of aryl methyl sites for hydroxylation is 1. The van der Waals surface area contributed by atoms with Crippen molar-refractivity contribution < 1.29 is 9.90 Å². The number of anilines is 1. The number of carbonyl (C=O) groups is 1. The smallest absolute Gasteiger partial charge is 0.335 e. The van der Waals surface area contributed by atoms with Crippen LogP contribution in [0.1, 0.15) is 55.6 Å². The van der Waals surface area contributed by atoms with Crippen LogP contribution in [0.4, 0.5) is 5.82 Å². The number of nitrogens with zero attached hydrogens (tertiary/aromatic N) is 1. The molecule has 2 aliphatic rings. The maximum Gasteiger partial charge on any atom is 0.335 e. The van der Waals surface area contributed by atoms with Crippen molar-refractivity contribution in [2.75, 3.05) is 5.32 Å². The van der Waals surface area contributed by atoms with E-state index in [1.165, 1.54) is 25.7 Å². The Labute approximate surface area is 126 Å². The molecule has 0 saturated heterocycles. The van der Waals surface area contributed by atoms with Gasteiger partial charge in [0, 0.05) is 11.7 Å². The highest BCUT2D eigenvalue weighted by Crippen LogP contribution is 2.49. The normalized spacial score (nSPS) is 28.6. The lowest BCUT2D eigenvalue weighted by molar-refractivity contribution is 0.0696. The van der Waals surface area contributed by atoms with Crippen LogP contribution < -0.4 is 5.32 Å². The van der Waals surface area contributed by atoms with Gasteiger partial charge in [-0.2, -0.15) is 0 Å². The summed E-state index contributed by atoms with van der Waals surface area (Å²) in [5.74, 6) is 2.31. The molecule has 0 aliphatic heterocycles. The fourth-order valence-electron chi connectivity index (χ4n) is 4.21. The van der Waals surface area contributed by atoms with E-state index in [0.29, 0.717) is 23.3 Å². The number of carboxylic acids is 1. The third kappa shape index (κ3) is 2.89. The van der Waals surface area contributed by atoms with Gasteiger partial charge in [-0.25, -0.2) is 9.78 Å². The molecule has 114 valence electrons. The zero-order chi connectivity index (χ0) is 15.0. The molecule has 2 fully saturated rings. The van der Waals surface area contributed by atoms with Gasteiger partial charge >= 0.3 is 5.97 Å². The first-order valence-electron chi connectivity index (χ1n) is 8.07. The topological polar surface area (TPSA) is 62.2 Å². The molecule has 0 spiro atoms. The van der Waals surface area contributed by atoms with Crippen LogP contribution in [0.5, 0.6) is 0 Å². The van der Waals surface area contributed by atoms with Crippen molar-refractivity contribution in [1.29, 1.82) is 0 Å². The third-order valence-corrected chi connectivity index (χ3v) is 5.30. The highest BCUT2D eigenvalue weighted by atomic mass is 16.4. The summed E-state index contributed by atoms with van der Waals surface area (Å²) in [5.41, 5.74) is 1.15. The van der Waals surface area contributed by atoms with Gasteiger partial charge in [-0.3, -0.25) is 0 Å². The van der Waals surface area contributed by atoms with E-state index in [4.69, 9.17) is 0 Å². The number of carboxylic acid groups (broad SMARTS) is 1. The number of fused-ring (bicyclic) bond motifs is 2. The maximum absolute atomic E-state index is 11.2. The van der Waals surface area contributed by atoms with Gasteiger partial charge in [-0.15, -0.1) is 0 Å². The molecule has 2 aliphatic carbocycles.